The molecule has 21 heavy (non-hydrogen) atoms. The van der Waals surface area contributed by atoms with Crippen LogP contribution in [0, 0.1) is 0 Å². The van der Waals surface area contributed by atoms with Gasteiger partial charge < -0.3 is 4.98 Å². The van der Waals surface area contributed by atoms with Crippen molar-refractivity contribution < 1.29 is 0 Å². The van der Waals surface area contributed by atoms with Crippen molar-refractivity contribution in [1.82, 2.24) is 19.7 Å². The summed E-state index contributed by atoms with van der Waals surface area (Å²) in [5, 5.41) is 4.55. The number of nitrogens with one attached hydrogen (secondary N) is 1. The molecule has 5 nitrogen and oxygen atoms in total. The lowest BCUT2D eigenvalue weighted by Crippen LogP contribution is -2.22. The fraction of sp³-hybridized carbons (Fsp3) is 0.562. The minimum Gasteiger partial charge on any atom is -0.306 e. The first-order chi connectivity index (χ1) is 9.86. The van der Waals surface area contributed by atoms with E-state index in [0.29, 0.717) is 5.82 Å². The van der Waals surface area contributed by atoms with E-state index in [4.69, 9.17) is 4.98 Å². The highest BCUT2D eigenvalue weighted by Crippen LogP contribution is 2.30. The predicted octanol–water partition coefficient (Wildman–Crippen LogP) is 2.35. The highest BCUT2D eigenvalue weighted by molar-refractivity contribution is 5.59. The molecule has 0 amide bonds. The summed E-state index contributed by atoms with van der Waals surface area (Å²) in [4.78, 5) is 20.0. The summed E-state index contributed by atoms with van der Waals surface area (Å²) in [5.41, 5.74) is 3.64. The second-order valence-electron chi connectivity index (χ2n) is 6.86. The number of nitrogens with zero attached hydrogens (tertiary/aromatic N) is 3. The molecule has 1 aliphatic carbocycles. The van der Waals surface area contributed by atoms with Crippen LogP contribution in [-0.4, -0.2) is 19.7 Å². The monoisotopic (exact) mass is 286 g/mol. The van der Waals surface area contributed by atoms with Crippen LogP contribution < -0.4 is 5.56 Å². The zero-order chi connectivity index (χ0) is 15.2. The molecule has 0 radical (unpaired) electrons. The number of fused-ring (bicyclic) bond motifs is 1. The van der Waals surface area contributed by atoms with Crippen molar-refractivity contribution >= 4 is 0 Å². The van der Waals surface area contributed by atoms with Gasteiger partial charge in [0.2, 0.25) is 0 Å². The Bertz CT molecular complexity index is 734. The normalized spacial score (nSPS) is 15.0. The molecule has 0 saturated carbocycles. The Labute approximate surface area is 124 Å². The number of aromatic nitrogens is 4. The topological polar surface area (TPSA) is 63.6 Å². The molecule has 1 N–H and O–H groups in total. The van der Waals surface area contributed by atoms with Gasteiger partial charge in [0.25, 0.3) is 5.56 Å². The zero-order valence-electron chi connectivity index (χ0n) is 13.2. The van der Waals surface area contributed by atoms with Crippen molar-refractivity contribution in [3.8, 4) is 11.4 Å². The molecular weight excluding hydrogens is 264 g/mol. The lowest BCUT2D eigenvalue weighted by Gasteiger charge is -2.18. The number of rotatable bonds is 1. The molecule has 0 aromatic carbocycles. The SMILES string of the molecule is Cn1cc(-c2nc3c(c(=O)[nH]2)CCCC3)c(C(C)(C)C)n1. The average Bonchev–Trinajstić information content (AvgIpc) is 2.81. The van der Waals surface area contributed by atoms with Crippen LogP contribution in [0.15, 0.2) is 11.0 Å². The Kier molecular flexibility index (Phi) is 3.23. The summed E-state index contributed by atoms with van der Waals surface area (Å²) >= 11 is 0. The maximum atomic E-state index is 12.3. The van der Waals surface area contributed by atoms with Gasteiger partial charge in [0, 0.05) is 24.2 Å². The molecule has 0 bridgehead atoms. The fourth-order valence-electron chi connectivity index (χ4n) is 2.95. The van der Waals surface area contributed by atoms with Crippen molar-refractivity contribution in [2.24, 2.45) is 7.05 Å². The Morgan fingerprint density at radius 3 is 2.67 bits per heavy atom. The summed E-state index contributed by atoms with van der Waals surface area (Å²) in [6.07, 6.45) is 5.88. The van der Waals surface area contributed by atoms with Gasteiger partial charge in [-0.05, 0) is 25.7 Å². The first kappa shape index (κ1) is 14.0. The molecular formula is C16H22N4O. The molecule has 5 heteroatoms. The highest BCUT2D eigenvalue weighted by atomic mass is 16.1. The van der Waals surface area contributed by atoms with Gasteiger partial charge in [-0.2, -0.15) is 5.10 Å². The molecule has 0 unspecified atom stereocenters. The fourth-order valence-corrected chi connectivity index (χ4v) is 2.95. The summed E-state index contributed by atoms with van der Waals surface area (Å²) in [6, 6.07) is 0. The Morgan fingerprint density at radius 2 is 1.95 bits per heavy atom. The Balaban J connectivity index is 2.18. The summed E-state index contributed by atoms with van der Waals surface area (Å²) < 4.78 is 1.79. The van der Waals surface area contributed by atoms with E-state index in [1.54, 1.807) is 4.68 Å². The maximum absolute atomic E-state index is 12.3. The largest absolute Gasteiger partial charge is 0.306 e. The van der Waals surface area contributed by atoms with Crippen molar-refractivity contribution in [2.45, 2.75) is 51.9 Å². The molecule has 0 spiro atoms. The van der Waals surface area contributed by atoms with E-state index in [1.165, 1.54) is 0 Å². The highest BCUT2D eigenvalue weighted by Gasteiger charge is 2.25. The molecule has 1 aliphatic rings. The molecule has 0 saturated heterocycles. The number of hydrogen-bond acceptors (Lipinski definition) is 3. The molecule has 0 atom stereocenters. The molecule has 0 fully saturated rings. The van der Waals surface area contributed by atoms with Crippen LogP contribution in [0.4, 0.5) is 0 Å². The quantitative estimate of drug-likeness (QED) is 0.875. The predicted molar refractivity (Wildman–Crippen MR) is 82.4 cm³/mol. The Morgan fingerprint density at radius 1 is 1.24 bits per heavy atom. The van der Waals surface area contributed by atoms with Crippen molar-refractivity contribution in [2.75, 3.05) is 0 Å². The van der Waals surface area contributed by atoms with Crippen molar-refractivity contribution in [3.05, 3.63) is 33.5 Å². The molecule has 2 aromatic rings. The number of aryl methyl sites for hydroxylation is 2. The number of aromatic amines is 1. The van der Waals surface area contributed by atoms with Gasteiger partial charge in [-0.25, -0.2) is 4.98 Å². The van der Waals surface area contributed by atoms with Gasteiger partial charge in [0.05, 0.1) is 17.0 Å². The smallest absolute Gasteiger partial charge is 0.254 e. The van der Waals surface area contributed by atoms with Gasteiger partial charge in [0.15, 0.2) is 0 Å². The first-order valence-corrected chi connectivity index (χ1v) is 7.53. The van der Waals surface area contributed by atoms with Crippen molar-refractivity contribution in [3.63, 3.8) is 0 Å². The van der Waals surface area contributed by atoms with E-state index in [-0.39, 0.29) is 11.0 Å². The molecule has 0 aliphatic heterocycles. The summed E-state index contributed by atoms with van der Waals surface area (Å²) in [6.45, 7) is 6.36. The van der Waals surface area contributed by atoms with Gasteiger partial charge in [-0.3, -0.25) is 9.48 Å². The minimum absolute atomic E-state index is 0.0124. The zero-order valence-corrected chi connectivity index (χ0v) is 13.2. The van der Waals surface area contributed by atoms with Gasteiger partial charge in [0.1, 0.15) is 5.82 Å². The third-order valence-corrected chi connectivity index (χ3v) is 3.99. The standard InChI is InChI=1S/C16H22N4O/c1-16(2,3)13-11(9-20(4)19-13)14-17-12-8-6-5-7-10(12)15(21)18-14/h9H,5-8H2,1-4H3,(H,17,18,21). The molecule has 2 heterocycles. The van der Waals surface area contributed by atoms with Crippen LogP contribution in [0.2, 0.25) is 0 Å². The third-order valence-electron chi connectivity index (χ3n) is 3.99. The maximum Gasteiger partial charge on any atom is 0.254 e. The second kappa shape index (κ2) is 4.83. The van der Waals surface area contributed by atoms with Crippen LogP contribution in [-0.2, 0) is 25.3 Å². The minimum atomic E-state index is -0.0922. The van der Waals surface area contributed by atoms with Crippen LogP contribution in [0.1, 0.15) is 50.6 Å². The van der Waals surface area contributed by atoms with Crippen LogP contribution in [0.5, 0.6) is 0 Å². The second-order valence-corrected chi connectivity index (χ2v) is 6.86. The third kappa shape index (κ3) is 2.52. The van der Waals surface area contributed by atoms with E-state index in [9.17, 15) is 4.79 Å². The van der Waals surface area contributed by atoms with E-state index in [1.807, 2.05) is 13.2 Å². The first-order valence-electron chi connectivity index (χ1n) is 7.53. The summed E-state index contributed by atoms with van der Waals surface area (Å²) in [5.74, 6) is 0.652. The van der Waals surface area contributed by atoms with Gasteiger partial charge in [-0.1, -0.05) is 20.8 Å². The molecule has 3 rings (SSSR count). The lowest BCUT2D eigenvalue weighted by atomic mass is 9.89. The van der Waals surface area contributed by atoms with Crippen LogP contribution in [0.25, 0.3) is 11.4 Å². The van der Waals surface area contributed by atoms with E-state index in [0.717, 1.165) is 48.2 Å². The number of H-pyrrole nitrogens is 1. The van der Waals surface area contributed by atoms with Crippen LogP contribution in [0.3, 0.4) is 0 Å². The van der Waals surface area contributed by atoms with Crippen LogP contribution >= 0.6 is 0 Å². The average molecular weight is 286 g/mol. The lowest BCUT2D eigenvalue weighted by molar-refractivity contribution is 0.553. The molecule has 112 valence electrons. The van der Waals surface area contributed by atoms with E-state index < -0.39 is 0 Å². The Hall–Kier alpha value is -1.91. The number of hydrogen-bond donors (Lipinski definition) is 1. The van der Waals surface area contributed by atoms with E-state index in [2.05, 4.69) is 30.9 Å². The van der Waals surface area contributed by atoms with Gasteiger partial charge in [-0.15, -0.1) is 0 Å². The summed E-state index contributed by atoms with van der Waals surface area (Å²) in [7, 11) is 1.90. The van der Waals surface area contributed by atoms with E-state index >= 15 is 0 Å². The van der Waals surface area contributed by atoms with Gasteiger partial charge >= 0.3 is 0 Å². The molecule has 2 aromatic heterocycles. The van der Waals surface area contributed by atoms with Crippen molar-refractivity contribution in [1.29, 1.82) is 0 Å².